The van der Waals surface area contributed by atoms with Crippen molar-refractivity contribution in [2.45, 2.75) is 40.2 Å². The molecule has 0 spiro atoms. The van der Waals surface area contributed by atoms with Crippen LogP contribution in [0.2, 0.25) is 0 Å². The zero-order valence-corrected chi connectivity index (χ0v) is 14.0. The Morgan fingerprint density at radius 2 is 1.91 bits per heavy atom. The number of carboxylic acids is 1. The zero-order chi connectivity index (χ0) is 16.9. The number of aromatic nitrogens is 2. The molecule has 0 fully saturated rings. The van der Waals surface area contributed by atoms with Gasteiger partial charge in [0.05, 0.1) is 16.8 Å². The molecule has 2 N–H and O–H groups in total. The van der Waals surface area contributed by atoms with Crippen molar-refractivity contribution >= 4 is 5.97 Å². The first-order chi connectivity index (χ1) is 11.0. The largest absolute Gasteiger partial charge is 0.481 e. The second-order valence-corrected chi connectivity index (χ2v) is 5.92. The van der Waals surface area contributed by atoms with Gasteiger partial charge in [0, 0.05) is 24.8 Å². The number of aliphatic carboxylic acids is 1. The molecule has 0 aliphatic rings. The van der Waals surface area contributed by atoms with E-state index in [9.17, 15) is 9.90 Å². The van der Waals surface area contributed by atoms with E-state index in [-0.39, 0.29) is 0 Å². The number of hydrogen-bond donors (Lipinski definition) is 2. The molecule has 2 rings (SSSR count). The van der Waals surface area contributed by atoms with Gasteiger partial charge >= 0.3 is 5.97 Å². The van der Waals surface area contributed by atoms with Gasteiger partial charge in [-0.1, -0.05) is 32.0 Å². The third kappa shape index (κ3) is 3.79. The van der Waals surface area contributed by atoms with E-state index in [1.54, 1.807) is 0 Å². The van der Waals surface area contributed by atoms with Crippen LogP contribution in [-0.2, 0) is 11.3 Å². The monoisotopic (exact) mass is 315 g/mol. The maximum Gasteiger partial charge on any atom is 0.310 e. The molecule has 0 aliphatic carbocycles. The topological polar surface area (TPSA) is 67.2 Å². The predicted molar refractivity (Wildman–Crippen MR) is 90.7 cm³/mol. The lowest BCUT2D eigenvalue weighted by molar-refractivity contribution is -0.149. The summed E-state index contributed by atoms with van der Waals surface area (Å²) in [7, 11) is 0. The highest BCUT2D eigenvalue weighted by molar-refractivity contribution is 5.74. The lowest BCUT2D eigenvalue weighted by Gasteiger charge is -2.26. The number of carboxylic acid groups (broad SMARTS) is 1. The normalized spacial score (nSPS) is 11.6. The summed E-state index contributed by atoms with van der Waals surface area (Å²) < 4.78 is 1.86. The van der Waals surface area contributed by atoms with E-state index in [1.165, 1.54) is 0 Å². The Bertz CT molecular complexity index is 646. The SMILES string of the molecule is CCC(CC)(CNCc1cn(-c2ccccc2)nc1C)C(=O)O. The van der Waals surface area contributed by atoms with Crippen LogP contribution in [-0.4, -0.2) is 27.4 Å². The third-order valence-corrected chi connectivity index (χ3v) is 4.61. The molecule has 0 bridgehead atoms. The summed E-state index contributed by atoms with van der Waals surface area (Å²) in [6.07, 6.45) is 3.24. The zero-order valence-electron chi connectivity index (χ0n) is 14.0. The molecule has 0 aliphatic heterocycles. The average Bonchev–Trinajstić information content (AvgIpc) is 2.93. The lowest BCUT2D eigenvalue weighted by atomic mass is 9.82. The molecule has 0 atom stereocenters. The Labute approximate surface area is 137 Å². The van der Waals surface area contributed by atoms with Crippen LogP contribution in [0.25, 0.3) is 5.69 Å². The van der Waals surface area contributed by atoms with Crippen molar-refractivity contribution in [1.29, 1.82) is 0 Å². The number of nitrogens with zero attached hydrogens (tertiary/aromatic N) is 2. The maximum atomic E-state index is 11.5. The molecule has 124 valence electrons. The quantitative estimate of drug-likeness (QED) is 0.785. The fourth-order valence-corrected chi connectivity index (χ4v) is 2.70. The number of rotatable bonds is 8. The van der Waals surface area contributed by atoms with Crippen LogP contribution in [0.5, 0.6) is 0 Å². The van der Waals surface area contributed by atoms with Crippen LogP contribution in [0, 0.1) is 12.3 Å². The van der Waals surface area contributed by atoms with E-state index in [0.29, 0.717) is 25.9 Å². The van der Waals surface area contributed by atoms with Crippen molar-refractivity contribution in [3.05, 3.63) is 47.8 Å². The molecule has 23 heavy (non-hydrogen) atoms. The summed E-state index contributed by atoms with van der Waals surface area (Å²) in [6, 6.07) is 9.95. The summed E-state index contributed by atoms with van der Waals surface area (Å²) in [5.41, 5.74) is 2.36. The van der Waals surface area contributed by atoms with E-state index in [2.05, 4.69) is 10.4 Å². The Hall–Kier alpha value is -2.14. The third-order valence-electron chi connectivity index (χ3n) is 4.61. The van der Waals surface area contributed by atoms with Gasteiger partial charge in [-0.25, -0.2) is 4.68 Å². The summed E-state index contributed by atoms with van der Waals surface area (Å²) in [5.74, 6) is -0.730. The molecule has 0 saturated carbocycles. The Morgan fingerprint density at radius 1 is 1.26 bits per heavy atom. The Kier molecular flexibility index (Phi) is 5.55. The number of benzene rings is 1. The molecule has 1 aromatic heterocycles. The fourth-order valence-electron chi connectivity index (χ4n) is 2.70. The number of para-hydroxylation sites is 1. The molecule has 1 heterocycles. The van der Waals surface area contributed by atoms with Crippen LogP contribution >= 0.6 is 0 Å². The number of aryl methyl sites for hydroxylation is 1. The van der Waals surface area contributed by atoms with Gasteiger partial charge in [0.15, 0.2) is 0 Å². The molecule has 5 nitrogen and oxygen atoms in total. The molecule has 2 aromatic rings. The van der Waals surface area contributed by atoms with Gasteiger partial charge in [0.1, 0.15) is 0 Å². The molecule has 0 saturated heterocycles. The highest BCUT2D eigenvalue weighted by atomic mass is 16.4. The second kappa shape index (κ2) is 7.42. The fraction of sp³-hybridized carbons (Fsp3) is 0.444. The van der Waals surface area contributed by atoms with E-state index in [1.807, 2.05) is 62.0 Å². The predicted octanol–water partition coefficient (Wildman–Crippen LogP) is 3.16. The van der Waals surface area contributed by atoms with Gasteiger partial charge in [-0.3, -0.25) is 4.79 Å². The lowest BCUT2D eigenvalue weighted by Crippen LogP contribution is -2.40. The van der Waals surface area contributed by atoms with Gasteiger partial charge in [-0.2, -0.15) is 5.10 Å². The summed E-state index contributed by atoms with van der Waals surface area (Å²) in [6.45, 7) is 6.91. The van der Waals surface area contributed by atoms with Crippen molar-refractivity contribution in [3.63, 3.8) is 0 Å². The number of hydrogen-bond acceptors (Lipinski definition) is 3. The van der Waals surface area contributed by atoms with Crippen molar-refractivity contribution in [2.24, 2.45) is 5.41 Å². The Morgan fingerprint density at radius 3 is 2.48 bits per heavy atom. The van der Waals surface area contributed by atoms with Gasteiger partial charge in [0.25, 0.3) is 0 Å². The first-order valence-electron chi connectivity index (χ1n) is 8.07. The summed E-state index contributed by atoms with van der Waals surface area (Å²) >= 11 is 0. The highest BCUT2D eigenvalue weighted by Crippen LogP contribution is 2.26. The van der Waals surface area contributed by atoms with Crippen LogP contribution in [0.4, 0.5) is 0 Å². The van der Waals surface area contributed by atoms with Crippen LogP contribution < -0.4 is 5.32 Å². The highest BCUT2D eigenvalue weighted by Gasteiger charge is 2.34. The molecule has 0 amide bonds. The summed E-state index contributed by atoms with van der Waals surface area (Å²) in [5, 5.41) is 17.3. The van der Waals surface area contributed by atoms with Gasteiger partial charge in [-0.05, 0) is 31.9 Å². The first-order valence-corrected chi connectivity index (χ1v) is 8.07. The first kappa shape index (κ1) is 17.2. The van der Waals surface area contributed by atoms with Crippen molar-refractivity contribution in [2.75, 3.05) is 6.54 Å². The minimum Gasteiger partial charge on any atom is -0.481 e. The standard InChI is InChI=1S/C18H25N3O2/c1-4-18(5-2,17(22)23)13-19-11-15-12-21(20-14(15)3)16-9-7-6-8-10-16/h6-10,12,19H,4-5,11,13H2,1-3H3,(H,22,23). The van der Waals surface area contributed by atoms with Crippen LogP contribution in [0.15, 0.2) is 36.5 Å². The summed E-state index contributed by atoms with van der Waals surface area (Å²) in [4.78, 5) is 11.5. The number of carbonyl (C=O) groups is 1. The maximum absolute atomic E-state index is 11.5. The van der Waals surface area contributed by atoms with Crippen molar-refractivity contribution < 1.29 is 9.90 Å². The molecule has 5 heteroatoms. The minimum atomic E-state index is -0.730. The molecule has 0 unspecified atom stereocenters. The van der Waals surface area contributed by atoms with Gasteiger partial charge < -0.3 is 10.4 Å². The van der Waals surface area contributed by atoms with Crippen LogP contribution in [0.3, 0.4) is 0 Å². The van der Waals surface area contributed by atoms with E-state index < -0.39 is 11.4 Å². The average molecular weight is 315 g/mol. The van der Waals surface area contributed by atoms with Gasteiger partial charge in [-0.15, -0.1) is 0 Å². The van der Waals surface area contributed by atoms with Crippen molar-refractivity contribution in [1.82, 2.24) is 15.1 Å². The van der Waals surface area contributed by atoms with E-state index in [4.69, 9.17) is 0 Å². The van der Waals surface area contributed by atoms with Gasteiger partial charge in [0.2, 0.25) is 0 Å². The molecule has 1 aromatic carbocycles. The molecular weight excluding hydrogens is 290 g/mol. The van der Waals surface area contributed by atoms with E-state index in [0.717, 1.165) is 16.9 Å². The number of nitrogens with one attached hydrogen (secondary N) is 1. The van der Waals surface area contributed by atoms with Crippen molar-refractivity contribution in [3.8, 4) is 5.69 Å². The second-order valence-electron chi connectivity index (χ2n) is 5.92. The van der Waals surface area contributed by atoms with E-state index >= 15 is 0 Å². The minimum absolute atomic E-state index is 0.464. The smallest absolute Gasteiger partial charge is 0.310 e. The molecular formula is C18H25N3O2. The Balaban J connectivity index is 2.04. The van der Waals surface area contributed by atoms with Crippen LogP contribution in [0.1, 0.15) is 37.9 Å². The molecule has 0 radical (unpaired) electrons.